The standard InChI is InChI=1S/C10H16N4O/c1-6-3-8(10(12)15)4-9(13-6)14-7(2)5-11/h3-4,7H,5,11H2,1-2H3,(H2,12,15)(H,13,14). The quantitative estimate of drug-likeness (QED) is 0.661. The summed E-state index contributed by atoms with van der Waals surface area (Å²) in [6.45, 7) is 4.25. The van der Waals surface area contributed by atoms with Gasteiger partial charge in [-0.2, -0.15) is 0 Å². The number of hydrogen-bond donors (Lipinski definition) is 3. The lowest BCUT2D eigenvalue weighted by Crippen LogP contribution is -2.26. The summed E-state index contributed by atoms with van der Waals surface area (Å²) in [6.07, 6.45) is 0. The minimum absolute atomic E-state index is 0.111. The van der Waals surface area contributed by atoms with Gasteiger partial charge in [-0.3, -0.25) is 4.79 Å². The molecule has 5 nitrogen and oxygen atoms in total. The van der Waals surface area contributed by atoms with E-state index in [0.717, 1.165) is 5.69 Å². The van der Waals surface area contributed by atoms with E-state index in [0.29, 0.717) is 17.9 Å². The maximum absolute atomic E-state index is 11.0. The van der Waals surface area contributed by atoms with Gasteiger partial charge in [-0.05, 0) is 26.0 Å². The lowest BCUT2D eigenvalue weighted by Gasteiger charge is -2.13. The molecule has 1 rings (SSSR count). The molecule has 0 aliphatic heterocycles. The van der Waals surface area contributed by atoms with Gasteiger partial charge in [0.05, 0.1) is 0 Å². The second-order valence-corrected chi connectivity index (χ2v) is 3.53. The molecule has 1 unspecified atom stereocenters. The molecule has 1 atom stereocenters. The number of pyridine rings is 1. The average Bonchev–Trinajstić information content (AvgIpc) is 2.16. The van der Waals surface area contributed by atoms with Crippen LogP contribution >= 0.6 is 0 Å². The normalized spacial score (nSPS) is 12.2. The molecule has 0 saturated carbocycles. The molecule has 1 aromatic heterocycles. The number of aromatic nitrogens is 1. The van der Waals surface area contributed by atoms with Gasteiger partial charge in [0.25, 0.3) is 0 Å². The van der Waals surface area contributed by atoms with Crippen LogP contribution in [0.5, 0.6) is 0 Å². The molecule has 0 bridgehead atoms. The van der Waals surface area contributed by atoms with Gasteiger partial charge in [-0.25, -0.2) is 4.98 Å². The van der Waals surface area contributed by atoms with Crippen LogP contribution in [-0.2, 0) is 0 Å². The third kappa shape index (κ3) is 3.21. The van der Waals surface area contributed by atoms with Crippen molar-refractivity contribution in [2.45, 2.75) is 19.9 Å². The zero-order chi connectivity index (χ0) is 11.4. The van der Waals surface area contributed by atoms with Crippen LogP contribution in [0.4, 0.5) is 5.82 Å². The molecule has 82 valence electrons. The molecule has 1 amide bonds. The van der Waals surface area contributed by atoms with Crippen molar-refractivity contribution >= 4 is 11.7 Å². The Bertz CT molecular complexity index is 364. The van der Waals surface area contributed by atoms with Crippen LogP contribution in [0.2, 0.25) is 0 Å². The molecule has 5 N–H and O–H groups in total. The zero-order valence-corrected chi connectivity index (χ0v) is 8.95. The number of amides is 1. The number of carbonyl (C=O) groups excluding carboxylic acids is 1. The van der Waals surface area contributed by atoms with Crippen LogP contribution in [0.25, 0.3) is 0 Å². The first kappa shape index (κ1) is 11.5. The van der Waals surface area contributed by atoms with Crippen molar-refractivity contribution in [3.63, 3.8) is 0 Å². The molecule has 1 heterocycles. The SMILES string of the molecule is Cc1cc(C(N)=O)cc(NC(C)CN)n1. The van der Waals surface area contributed by atoms with Gasteiger partial charge in [0, 0.05) is 23.8 Å². The molecule has 1 aromatic rings. The van der Waals surface area contributed by atoms with E-state index < -0.39 is 5.91 Å². The van der Waals surface area contributed by atoms with Gasteiger partial charge in [0.1, 0.15) is 5.82 Å². The van der Waals surface area contributed by atoms with Crippen molar-refractivity contribution in [2.75, 3.05) is 11.9 Å². The Hall–Kier alpha value is -1.62. The Morgan fingerprint density at radius 3 is 2.80 bits per heavy atom. The molecule has 5 heteroatoms. The van der Waals surface area contributed by atoms with Crippen LogP contribution in [0.3, 0.4) is 0 Å². The molecule has 0 aliphatic carbocycles. The molecule has 0 saturated heterocycles. The Balaban J connectivity index is 2.93. The largest absolute Gasteiger partial charge is 0.366 e. The number of primary amides is 1. The molecule has 15 heavy (non-hydrogen) atoms. The summed E-state index contributed by atoms with van der Waals surface area (Å²) in [5.74, 6) is 0.172. The summed E-state index contributed by atoms with van der Waals surface area (Å²) in [5.41, 5.74) is 11.9. The monoisotopic (exact) mass is 208 g/mol. The number of carbonyl (C=O) groups is 1. The predicted octanol–water partition coefficient (Wildman–Crippen LogP) is 0.248. The Morgan fingerprint density at radius 2 is 2.27 bits per heavy atom. The molecular weight excluding hydrogens is 192 g/mol. The third-order valence-electron chi connectivity index (χ3n) is 1.99. The molecule has 0 fully saturated rings. The summed E-state index contributed by atoms with van der Waals surface area (Å²) in [6, 6.07) is 3.39. The van der Waals surface area contributed by atoms with Gasteiger partial charge in [-0.15, -0.1) is 0 Å². The van der Waals surface area contributed by atoms with E-state index in [2.05, 4.69) is 10.3 Å². The maximum atomic E-state index is 11.0. The van der Waals surface area contributed by atoms with Gasteiger partial charge >= 0.3 is 0 Å². The van der Waals surface area contributed by atoms with Crippen molar-refractivity contribution in [3.8, 4) is 0 Å². The summed E-state index contributed by atoms with van der Waals surface area (Å²) < 4.78 is 0. The highest BCUT2D eigenvalue weighted by molar-refractivity contribution is 5.93. The number of hydrogen-bond acceptors (Lipinski definition) is 4. The molecule has 0 radical (unpaired) electrons. The van der Waals surface area contributed by atoms with Crippen molar-refractivity contribution < 1.29 is 4.79 Å². The van der Waals surface area contributed by atoms with Crippen molar-refractivity contribution in [3.05, 3.63) is 23.4 Å². The Kier molecular flexibility index (Phi) is 3.62. The summed E-state index contributed by atoms with van der Waals surface area (Å²) in [4.78, 5) is 15.2. The lowest BCUT2D eigenvalue weighted by atomic mass is 10.2. The second-order valence-electron chi connectivity index (χ2n) is 3.53. The summed E-state index contributed by atoms with van der Waals surface area (Å²) in [5, 5.41) is 3.08. The smallest absolute Gasteiger partial charge is 0.248 e. The number of anilines is 1. The Labute approximate surface area is 88.9 Å². The van der Waals surface area contributed by atoms with Crippen molar-refractivity contribution in [1.82, 2.24) is 4.98 Å². The minimum atomic E-state index is -0.455. The first-order valence-corrected chi connectivity index (χ1v) is 4.78. The lowest BCUT2D eigenvalue weighted by molar-refractivity contribution is 0.1000. The highest BCUT2D eigenvalue weighted by Gasteiger charge is 2.06. The van der Waals surface area contributed by atoms with E-state index in [4.69, 9.17) is 11.5 Å². The molecular formula is C10H16N4O. The first-order valence-electron chi connectivity index (χ1n) is 4.78. The Morgan fingerprint density at radius 1 is 1.60 bits per heavy atom. The third-order valence-corrected chi connectivity index (χ3v) is 1.99. The van der Waals surface area contributed by atoms with Crippen molar-refractivity contribution in [1.29, 1.82) is 0 Å². The number of nitrogens with two attached hydrogens (primary N) is 2. The molecule has 0 aliphatic rings. The number of nitrogens with one attached hydrogen (secondary N) is 1. The number of aryl methyl sites for hydroxylation is 1. The second kappa shape index (κ2) is 4.75. The summed E-state index contributed by atoms with van der Waals surface area (Å²) >= 11 is 0. The van der Waals surface area contributed by atoms with Crippen LogP contribution in [0.15, 0.2) is 12.1 Å². The fourth-order valence-electron chi connectivity index (χ4n) is 1.20. The zero-order valence-electron chi connectivity index (χ0n) is 8.95. The average molecular weight is 208 g/mol. The number of nitrogens with zero attached hydrogens (tertiary/aromatic N) is 1. The van der Waals surface area contributed by atoms with Crippen LogP contribution in [0.1, 0.15) is 23.0 Å². The van der Waals surface area contributed by atoms with E-state index in [1.807, 2.05) is 13.8 Å². The summed E-state index contributed by atoms with van der Waals surface area (Å²) in [7, 11) is 0. The maximum Gasteiger partial charge on any atom is 0.248 e. The van der Waals surface area contributed by atoms with Gasteiger partial charge < -0.3 is 16.8 Å². The van der Waals surface area contributed by atoms with E-state index in [9.17, 15) is 4.79 Å². The highest BCUT2D eigenvalue weighted by Crippen LogP contribution is 2.10. The van der Waals surface area contributed by atoms with E-state index in [-0.39, 0.29) is 6.04 Å². The fraction of sp³-hybridized carbons (Fsp3) is 0.400. The highest BCUT2D eigenvalue weighted by atomic mass is 16.1. The first-order chi connectivity index (χ1) is 7.02. The predicted molar refractivity (Wildman–Crippen MR) is 59.6 cm³/mol. The number of rotatable bonds is 4. The topological polar surface area (TPSA) is 94.0 Å². The van der Waals surface area contributed by atoms with Gasteiger partial charge in [-0.1, -0.05) is 0 Å². The fourth-order valence-corrected chi connectivity index (χ4v) is 1.20. The van der Waals surface area contributed by atoms with Crippen LogP contribution in [0, 0.1) is 6.92 Å². The van der Waals surface area contributed by atoms with E-state index in [1.54, 1.807) is 12.1 Å². The molecule has 0 spiro atoms. The van der Waals surface area contributed by atoms with E-state index >= 15 is 0 Å². The van der Waals surface area contributed by atoms with Gasteiger partial charge in [0.2, 0.25) is 5.91 Å². The minimum Gasteiger partial charge on any atom is -0.366 e. The van der Waals surface area contributed by atoms with E-state index in [1.165, 1.54) is 0 Å². The van der Waals surface area contributed by atoms with Gasteiger partial charge in [0.15, 0.2) is 0 Å². The van der Waals surface area contributed by atoms with Crippen molar-refractivity contribution in [2.24, 2.45) is 11.5 Å². The molecule has 0 aromatic carbocycles. The van der Waals surface area contributed by atoms with Crippen LogP contribution in [-0.4, -0.2) is 23.5 Å². The van der Waals surface area contributed by atoms with Crippen LogP contribution < -0.4 is 16.8 Å².